The van der Waals surface area contributed by atoms with Gasteiger partial charge in [0.2, 0.25) is 0 Å². The summed E-state index contributed by atoms with van der Waals surface area (Å²) in [5.74, 6) is -0.0156. The van der Waals surface area contributed by atoms with Crippen LogP contribution in [0.2, 0.25) is 0 Å². The lowest BCUT2D eigenvalue weighted by molar-refractivity contribution is -0.00292. The molecule has 0 radical (unpaired) electrons. The summed E-state index contributed by atoms with van der Waals surface area (Å²) < 4.78 is 5.65. The van der Waals surface area contributed by atoms with Gasteiger partial charge in [0, 0.05) is 23.2 Å². The van der Waals surface area contributed by atoms with Crippen molar-refractivity contribution < 1.29 is 9.53 Å². The van der Waals surface area contributed by atoms with Crippen molar-refractivity contribution in [2.45, 2.75) is 19.9 Å². The van der Waals surface area contributed by atoms with Gasteiger partial charge in [-0.1, -0.05) is 12.1 Å². The number of ether oxygens (including phenoxy) is 1. The van der Waals surface area contributed by atoms with E-state index in [0.717, 1.165) is 27.9 Å². The van der Waals surface area contributed by atoms with Crippen molar-refractivity contribution in [1.29, 1.82) is 0 Å². The molecule has 1 atom stereocenters. The minimum Gasteiger partial charge on any atom is -0.377 e. The molecule has 1 aromatic carbocycles. The summed E-state index contributed by atoms with van der Waals surface area (Å²) >= 11 is 0. The molecule has 1 aliphatic rings. The second-order valence-electron chi connectivity index (χ2n) is 6.08. The predicted octanol–water partition coefficient (Wildman–Crippen LogP) is 2.12. The standard InChI is InChI=1S/C17H19N5O2/c1-10-15(11(2)20-19-10)14-9-24-7-6-22(14)17(23)13-5-3-4-12-8-18-21-16(12)13/h3-5,8,14H,6-7,9H2,1-2H3,(H,18,21)(H,19,20). The number of nitrogens with one attached hydrogen (secondary N) is 2. The van der Waals surface area contributed by atoms with Crippen molar-refractivity contribution in [2.75, 3.05) is 19.8 Å². The molecule has 2 aromatic heterocycles. The van der Waals surface area contributed by atoms with E-state index in [-0.39, 0.29) is 11.9 Å². The molecular formula is C17H19N5O2. The number of hydrogen-bond donors (Lipinski definition) is 2. The van der Waals surface area contributed by atoms with Crippen LogP contribution in [-0.2, 0) is 4.74 Å². The zero-order valence-electron chi connectivity index (χ0n) is 13.7. The van der Waals surface area contributed by atoms with E-state index in [1.807, 2.05) is 36.9 Å². The highest BCUT2D eigenvalue weighted by Gasteiger charge is 2.33. The number of aryl methyl sites for hydroxylation is 2. The molecule has 7 nitrogen and oxygen atoms in total. The molecule has 24 heavy (non-hydrogen) atoms. The number of fused-ring (bicyclic) bond motifs is 1. The summed E-state index contributed by atoms with van der Waals surface area (Å²) in [7, 11) is 0. The molecule has 0 aliphatic carbocycles. The molecule has 124 valence electrons. The van der Waals surface area contributed by atoms with Crippen LogP contribution in [-0.4, -0.2) is 51.0 Å². The first-order chi connectivity index (χ1) is 11.7. The summed E-state index contributed by atoms with van der Waals surface area (Å²) in [5, 5.41) is 15.2. The molecule has 1 amide bonds. The Bertz CT molecular complexity index is 878. The van der Waals surface area contributed by atoms with Crippen LogP contribution in [0.25, 0.3) is 10.9 Å². The number of aromatic nitrogens is 4. The molecule has 1 aliphatic heterocycles. The maximum absolute atomic E-state index is 13.2. The molecule has 0 spiro atoms. The van der Waals surface area contributed by atoms with Crippen molar-refractivity contribution >= 4 is 16.8 Å². The largest absolute Gasteiger partial charge is 0.377 e. The van der Waals surface area contributed by atoms with Gasteiger partial charge in [0.25, 0.3) is 5.91 Å². The Hall–Kier alpha value is -2.67. The summed E-state index contributed by atoms with van der Waals surface area (Å²) in [4.78, 5) is 15.1. The van der Waals surface area contributed by atoms with Gasteiger partial charge in [-0.15, -0.1) is 0 Å². The number of carbonyl (C=O) groups excluding carboxylic acids is 1. The fourth-order valence-corrected chi connectivity index (χ4v) is 3.44. The minimum atomic E-state index is -0.136. The number of morpholine rings is 1. The Balaban J connectivity index is 1.75. The van der Waals surface area contributed by atoms with Crippen LogP contribution in [0, 0.1) is 13.8 Å². The average molecular weight is 325 g/mol. The lowest BCUT2D eigenvalue weighted by Crippen LogP contribution is -2.43. The van der Waals surface area contributed by atoms with Gasteiger partial charge in [0.1, 0.15) is 0 Å². The molecule has 1 fully saturated rings. The Labute approximate surface area is 139 Å². The third-order valence-electron chi connectivity index (χ3n) is 4.61. The first kappa shape index (κ1) is 14.9. The highest BCUT2D eigenvalue weighted by molar-refractivity contribution is 6.05. The molecule has 3 heterocycles. The number of carbonyl (C=O) groups is 1. The summed E-state index contributed by atoms with van der Waals surface area (Å²) in [5.41, 5.74) is 4.32. The van der Waals surface area contributed by atoms with Crippen LogP contribution in [0.15, 0.2) is 24.4 Å². The topological polar surface area (TPSA) is 86.9 Å². The van der Waals surface area contributed by atoms with Crippen LogP contribution >= 0.6 is 0 Å². The number of hydrogen-bond acceptors (Lipinski definition) is 4. The van der Waals surface area contributed by atoms with Crippen molar-refractivity contribution in [3.63, 3.8) is 0 Å². The van der Waals surface area contributed by atoms with Gasteiger partial charge in [-0.3, -0.25) is 15.0 Å². The number of benzene rings is 1. The predicted molar refractivity (Wildman–Crippen MR) is 88.8 cm³/mol. The van der Waals surface area contributed by atoms with E-state index in [4.69, 9.17) is 4.74 Å². The lowest BCUT2D eigenvalue weighted by atomic mass is 10.0. The second kappa shape index (κ2) is 5.76. The van der Waals surface area contributed by atoms with Gasteiger partial charge < -0.3 is 9.64 Å². The Morgan fingerprint density at radius 1 is 1.33 bits per heavy atom. The SMILES string of the molecule is Cc1n[nH]c(C)c1C1COCCN1C(=O)c1cccc2cn[nH]c12. The monoisotopic (exact) mass is 325 g/mol. The molecule has 1 saturated heterocycles. The minimum absolute atomic E-state index is 0.0156. The van der Waals surface area contributed by atoms with Gasteiger partial charge in [-0.25, -0.2) is 0 Å². The number of H-pyrrole nitrogens is 2. The van der Waals surface area contributed by atoms with Crippen LogP contribution < -0.4 is 0 Å². The molecule has 1 unspecified atom stereocenters. The molecule has 7 heteroatoms. The first-order valence-corrected chi connectivity index (χ1v) is 7.99. The van der Waals surface area contributed by atoms with E-state index in [1.165, 1.54) is 0 Å². The zero-order valence-corrected chi connectivity index (χ0v) is 13.7. The fourth-order valence-electron chi connectivity index (χ4n) is 3.44. The molecule has 0 bridgehead atoms. The van der Waals surface area contributed by atoms with Gasteiger partial charge in [0.05, 0.1) is 42.2 Å². The maximum Gasteiger partial charge on any atom is 0.256 e. The number of para-hydroxylation sites is 1. The Morgan fingerprint density at radius 3 is 3.00 bits per heavy atom. The van der Waals surface area contributed by atoms with E-state index in [2.05, 4.69) is 20.4 Å². The fraction of sp³-hybridized carbons (Fsp3) is 0.353. The molecule has 0 saturated carbocycles. The van der Waals surface area contributed by atoms with Crippen LogP contribution in [0.3, 0.4) is 0 Å². The van der Waals surface area contributed by atoms with Crippen LogP contribution in [0.5, 0.6) is 0 Å². The normalized spacial score (nSPS) is 18.2. The Morgan fingerprint density at radius 2 is 2.21 bits per heavy atom. The van der Waals surface area contributed by atoms with Gasteiger partial charge in [0.15, 0.2) is 0 Å². The van der Waals surface area contributed by atoms with Gasteiger partial charge in [-0.05, 0) is 19.9 Å². The third kappa shape index (κ3) is 2.28. The van der Waals surface area contributed by atoms with E-state index in [1.54, 1.807) is 6.20 Å². The third-order valence-corrected chi connectivity index (χ3v) is 4.61. The van der Waals surface area contributed by atoms with E-state index < -0.39 is 0 Å². The summed E-state index contributed by atoms with van der Waals surface area (Å²) in [6.45, 7) is 5.50. The Kier molecular flexibility index (Phi) is 3.57. The van der Waals surface area contributed by atoms with Crippen LogP contribution in [0.4, 0.5) is 0 Å². The van der Waals surface area contributed by atoms with E-state index in [9.17, 15) is 4.79 Å². The molecule has 3 aromatic rings. The van der Waals surface area contributed by atoms with Crippen molar-refractivity contribution in [3.8, 4) is 0 Å². The van der Waals surface area contributed by atoms with E-state index in [0.29, 0.717) is 25.3 Å². The smallest absolute Gasteiger partial charge is 0.256 e. The van der Waals surface area contributed by atoms with Gasteiger partial charge >= 0.3 is 0 Å². The van der Waals surface area contributed by atoms with Crippen molar-refractivity contribution in [2.24, 2.45) is 0 Å². The van der Waals surface area contributed by atoms with Crippen LogP contribution in [0.1, 0.15) is 33.4 Å². The lowest BCUT2D eigenvalue weighted by Gasteiger charge is -2.36. The molecule has 4 rings (SSSR count). The van der Waals surface area contributed by atoms with Crippen molar-refractivity contribution in [1.82, 2.24) is 25.3 Å². The summed E-state index contributed by atoms with van der Waals surface area (Å²) in [6.07, 6.45) is 1.73. The quantitative estimate of drug-likeness (QED) is 0.755. The second-order valence-corrected chi connectivity index (χ2v) is 6.08. The zero-order chi connectivity index (χ0) is 16.7. The number of amides is 1. The highest BCUT2D eigenvalue weighted by atomic mass is 16.5. The molecular weight excluding hydrogens is 306 g/mol. The van der Waals surface area contributed by atoms with Crippen molar-refractivity contribution in [3.05, 3.63) is 46.9 Å². The number of aromatic amines is 2. The van der Waals surface area contributed by atoms with E-state index >= 15 is 0 Å². The first-order valence-electron chi connectivity index (χ1n) is 7.99. The maximum atomic E-state index is 13.2. The number of nitrogens with zero attached hydrogens (tertiary/aromatic N) is 3. The number of rotatable bonds is 2. The highest BCUT2D eigenvalue weighted by Crippen LogP contribution is 2.30. The van der Waals surface area contributed by atoms with Gasteiger partial charge in [-0.2, -0.15) is 10.2 Å². The average Bonchev–Trinajstić information content (AvgIpc) is 3.20. The molecule has 2 N–H and O–H groups in total. The summed E-state index contributed by atoms with van der Waals surface area (Å²) in [6, 6.07) is 5.53.